The van der Waals surface area contributed by atoms with Crippen LogP contribution in [0.2, 0.25) is 0 Å². The highest BCUT2D eigenvalue weighted by atomic mass is 16.2. The molecule has 1 N–H and O–H groups in total. The van der Waals surface area contributed by atoms with Gasteiger partial charge in [0.15, 0.2) is 0 Å². The van der Waals surface area contributed by atoms with Crippen molar-refractivity contribution in [1.82, 2.24) is 9.80 Å². The molecule has 2 aromatic rings. The lowest BCUT2D eigenvalue weighted by Gasteiger charge is -2.34. The standard InChI is InChI=1S/C21H27N3O/c1-18-6-5-9-20(16-18)22-11-10-21(25)24-14-12-23(13-15-24)17-19-7-3-2-4-8-19/h2-9,16,22H,10-15,17H2,1H3. The van der Waals surface area contributed by atoms with Gasteiger partial charge in [0.2, 0.25) is 5.91 Å². The highest BCUT2D eigenvalue weighted by Gasteiger charge is 2.20. The normalized spacial score (nSPS) is 15.2. The Morgan fingerprint density at radius 1 is 1.00 bits per heavy atom. The van der Waals surface area contributed by atoms with Gasteiger partial charge in [-0.3, -0.25) is 9.69 Å². The molecule has 0 radical (unpaired) electrons. The van der Waals surface area contributed by atoms with Crippen molar-refractivity contribution >= 4 is 11.6 Å². The number of rotatable bonds is 6. The van der Waals surface area contributed by atoms with E-state index in [0.717, 1.165) is 38.4 Å². The fraction of sp³-hybridized carbons (Fsp3) is 0.381. The summed E-state index contributed by atoms with van der Waals surface area (Å²) < 4.78 is 0. The van der Waals surface area contributed by atoms with Crippen molar-refractivity contribution < 1.29 is 4.79 Å². The molecule has 0 aliphatic carbocycles. The Morgan fingerprint density at radius 2 is 1.76 bits per heavy atom. The van der Waals surface area contributed by atoms with Crippen molar-refractivity contribution in [2.75, 3.05) is 38.0 Å². The van der Waals surface area contributed by atoms with Gasteiger partial charge in [-0.15, -0.1) is 0 Å². The van der Waals surface area contributed by atoms with Gasteiger partial charge in [-0.05, 0) is 30.2 Å². The van der Waals surface area contributed by atoms with Gasteiger partial charge in [-0.2, -0.15) is 0 Å². The van der Waals surface area contributed by atoms with Gasteiger partial charge in [-0.1, -0.05) is 42.5 Å². The first-order valence-corrected chi connectivity index (χ1v) is 9.05. The number of nitrogens with zero attached hydrogens (tertiary/aromatic N) is 2. The molecule has 4 heteroatoms. The van der Waals surface area contributed by atoms with Crippen molar-refractivity contribution in [1.29, 1.82) is 0 Å². The summed E-state index contributed by atoms with van der Waals surface area (Å²) in [5.74, 6) is 0.250. The minimum atomic E-state index is 0.250. The summed E-state index contributed by atoms with van der Waals surface area (Å²) in [7, 11) is 0. The Morgan fingerprint density at radius 3 is 2.48 bits per heavy atom. The topological polar surface area (TPSA) is 35.6 Å². The first-order valence-electron chi connectivity index (χ1n) is 9.05. The zero-order chi connectivity index (χ0) is 17.5. The molecule has 1 saturated heterocycles. The van der Waals surface area contributed by atoms with E-state index >= 15 is 0 Å². The molecule has 0 unspecified atom stereocenters. The first-order chi connectivity index (χ1) is 12.2. The Balaban J connectivity index is 1.38. The van der Waals surface area contributed by atoms with E-state index in [2.05, 4.69) is 53.5 Å². The van der Waals surface area contributed by atoms with Gasteiger partial charge in [0.25, 0.3) is 0 Å². The van der Waals surface area contributed by atoms with Crippen LogP contribution in [0.25, 0.3) is 0 Å². The Hall–Kier alpha value is -2.33. The van der Waals surface area contributed by atoms with Crippen LogP contribution in [-0.2, 0) is 11.3 Å². The number of hydrogen-bond donors (Lipinski definition) is 1. The molecule has 1 heterocycles. The summed E-state index contributed by atoms with van der Waals surface area (Å²) in [5.41, 5.74) is 3.65. The average Bonchev–Trinajstić information content (AvgIpc) is 2.63. The molecule has 2 aromatic carbocycles. The van der Waals surface area contributed by atoms with Crippen molar-refractivity contribution in [2.45, 2.75) is 19.9 Å². The third kappa shape index (κ3) is 5.33. The van der Waals surface area contributed by atoms with Crippen LogP contribution in [-0.4, -0.2) is 48.4 Å². The van der Waals surface area contributed by atoms with E-state index < -0.39 is 0 Å². The molecule has 132 valence electrons. The van der Waals surface area contributed by atoms with Crippen LogP contribution in [0, 0.1) is 6.92 Å². The van der Waals surface area contributed by atoms with Crippen LogP contribution in [0.15, 0.2) is 54.6 Å². The number of anilines is 1. The molecule has 0 spiro atoms. The number of nitrogens with one attached hydrogen (secondary N) is 1. The van der Waals surface area contributed by atoms with Gasteiger partial charge >= 0.3 is 0 Å². The number of amides is 1. The number of carbonyl (C=O) groups is 1. The van der Waals surface area contributed by atoms with Crippen LogP contribution < -0.4 is 5.32 Å². The summed E-state index contributed by atoms with van der Waals surface area (Å²) in [4.78, 5) is 16.8. The number of aryl methyl sites for hydroxylation is 1. The maximum Gasteiger partial charge on any atom is 0.224 e. The van der Waals surface area contributed by atoms with Crippen molar-refractivity contribution in [3.8, 4) is 0 Å². The SMILES string of the molecule is Cc1cccc(NCCC(=O)N2CCN(Cc3ccccc3)CC2)c1. The first kappa shape index (κ1) is 17.5. The molecule has 0 bridgehead atoms. The molecule has 3 rings (SSSR count). The molecule has 1 aliphatic heterocycles. The van der Waals surface area contributed by atoms with Crippen LogP contribution in [0.3, 0.4) is 0 Å². The minimum Gasteiger partial charge on any atom is -0.385 e. The van der Waals surface area contributed by atoms with E-state index in [1.807, 2.05) is 23.1 Å². The summed E-state index contributed by atoms with van der Waals surface area (Å²) >= 11 is 0. The molecule has 1 amide bonds. The van der Waals surface area contributed by atoms with Crippen LogP contribution in [0.1, 0.15) is 17.5 Å². The van der Waals surface area contributed by atoms with E-state index in [1.165, 1.54) is 11.1 Å². The number of benzene rings is 2. The van der Waals surface area contributed by atoms with E-state index in [-0.39, 0.29) is 5.91 Å². The molecular formula is C21H27N3O. The molecule has 0 atom stereocenters. The van der Waals surface area contributed by atoms with Crippen molar-refractivity contribution in [3.05, 3.63) is 65.7 Å². The molecule has 0 aromatic heterocycles. The van der Waals surface area contributed by atoms with Crippen LogP contribution in [0.5, 0.6) is 0 Å². The number of piperazine rings is 1. The maximum atomic E-state index is 12.4. The van der Waals surface area contributed by atoms with Gasteiger partial charge in [0.1, 0.15) is 0 Å². The smallest absolute Gasteiger partial charge is 0.224 e. The second-order valence-corrected chi connectivity index (χ2v) is 6.69. The van der Waals surface area contributed by atoms with Gasteiger partial charge < -0.3 is 10.2 Å². The lowest BCUT2D eigenvalue weighted by Crippen LogP contribution is -2.48. The highest BCUT2D eigenvalue weighted by Crippen LogP contribution is 2.11. The van der Waals surface area contributed by atoms with Crippen molar-refractivity contribution in [2.24, 2.45) is 0 Å². The fourth-order valence-electron chi connectivity index (χ4n) is 3.22. The summed E-state index contributed by atoms with van der Waals surface area (Å²) in [5, 5.41) is 3.34. The summed E-state index contributed by atoms with van der Waals surface area (Å²) in [6.07, 6.45) is 0.548. The quantitative estimate of drug-likeness (QED) is 0.880. The molecule has 1 fully saturated rings. The predicted molar refractivity (Wildman–Crippen MR) is 103 cm³/mol. The van der Waals surface area contributed by atoms with Gasteiger partial charge in [-0.25, -0.2) is 0 Å². The monoisotopic (exact) mass is 337 g/mol. The zero-order valence-corrected chi connectivity index (χ0v) is 14.9. The van der Waals surface area contributed by atoms with Crippen molar-refractivity contribution in [3.63, 3.8) is 0 Å². The summed E-state index contributed by atoms with van der Waals surface area (Å²) in [6.45, 7) is 7.29. The third-order valence-electron chi connectivity index (χ3n) is 4.66. The predicted octanol–water partition coefficient (Wildman–Crippen LogP) is 3.14. The van der Waals surface area contributed by atoms with Crippen LogP contribution in [0.4, 0.5) is 5.69 Å². The highest BCUT2D eigenvalue weighted by molar-refractivity contribution is 5.76. The maximum absolute atomic E-state index is 12.4. The van der Waals surface area contributed by atoms with Crippen LogP contribution >= 0.6 is 0 Å². The summed E-state index contributed by atoms with van der Waals surface area (Å²) in [6, 6.07) is 18.8. The molecule has 0 saturated carbocycles. The second kappa shape index (κ2) is 8.67. The Kier molecular flexibility index (Phi) is 6.07. The lowest BCUT2D eigenvalue weighted by atomic mass is 10.2. The Bertz CT molecular complexity index is 679. The number of hydrogen-bond acceptors (Lipinski definition) is 3. The van der Waals surface area contributed by atoms with E-state index in [4.69, 9.17) is 0 Å². The van der Waals surface area contributed by atoms with E-state index in [1.54, 1.807) is 0 Å². The molecule has 25 heavy (non-hydrogen) atoms. The van der Waals surface area contributed by atoms with Gasteiger partial charge in [0, 0.05) is 51.4 Å². The van der Waals surface area contributed by atoms with E-state index in [9.17, 15) is 4.79 Å². The zero-order valence-electron chi connectivity index (χ0n) is 14.9. The Labute approximate surface area is 150 Å². The fourth-order valence-corrected chi connectivity index (χ4v) is 3.22. The molecule has 4 nitrogen and oxygen atoms in total. The number of carbonyl (C=O) groups excluding carboxylic acids is 1. The van der Waals surface area contributed by atoms with E-state index in [0.29, 0.717) is 13.0 Å². The average molecular weight is 337 g/mol. The second-order valence-electron chi connectivity index (χ2n) is 6.69. The molecule has 1 aliphatic rings. The third-order valence-corrected chi connectivity index (χ3v) is 4.66. The molecular weight excluding hydrogens is 310 g/mol. The van der Waals surface area contributed by atoms with Gasteiger partial charge in [0.05, 0.1) is 0 Å². The minimum absolute atomic E-state index is 0.250. The lowest BCUT2D eigenvalue weighted by molar-refractivity contribution is -0.132. The largest absolute Gasteiger partial charge is 0.385 e.